The second-order valence-electron chi connectivity index (χ2n) is 5.93. The first-order valence-corrected chi connectivity index (χ1v) is 8.26. The van der Waals surface area contributed by atoms with Crippen LogP contribution in [0.25, 0.3) is 0 Å². The molecule has 128 valence electrons. The summed E-state index contributed by atoms with van der Waals surface area (Å²) in [6, 6.07) is 7.65. The van der Waals surface area contributed by atoms with Crippen LogP contribution in [0.2, 0.25) is 0 Å². The number of rotatable bonds is 6. The number of likely N-dealkylation sites (tertiary alicyclic amines) is 1. The van der Waals surface area contributed by atoms with Gasteiger partial charge in [-0.1, -0.05) is 6.07 Å². The molecule has 0 N–H and O–H groups in total. The molecule has 0 saturated carbocycles. The summed E-state index contributed by atoms with van der Waals surface area (Å²) in [5, 5.41) is 0. The van der Waals surface area contributed by atoms with Crippen molar-refractivity contribution in [1.82, 2.24) is 14.5 Å². The highest BCUT2D eigenvalue weighted by molar-refractivity contribution is 5.94. The monoisotopic (exact) mass is 329 g/mol. The Balaban J connectivity index is 1.66. The first-order valence-electron chi connectivity index (χ1n) is 8.26. The Hall–Kier alpha value is -2.34. The molecule has 0 radical (unpaired) electrons. The second kappa shape index (κ2) is 7.97. The topological polar surface area (TPSA) is 56.6 Å². The van der Waals surface area contributed by atoms with Crippen LogP contribution in [-0.4, -0.2) is 53.8 Å². The number of hydrogen-bond donors (Lipinski definition) is 0. The van der Waals surface area contributed by atoms with Crippen molar-refractivity contribution in [2.75, 3.05) is 33.4 Å². The van der Waals surface area contributed by atoms with Gasteiger partial charge in [-0.3, -0.25) is 4.79 Å². The molecule has 2 aromatic rings. The van der Waals surface area contributed by atoms with Gasteiger partial charge in [-0.05, 0) is 31.0 Å². The third kappa shape index (κ3) is 3.94. The first kappa shape index (κ1) is 16.5. The highest BCUT2D eigenvalue weighted by Gasteiger charge is 2.25. The quantitative estimate of drug-likeness (QED) is 0.764. The molecule has 1 saturated heterocycles. The maximum atomic E-state index is 12.8. The van der Waals surface area contributed by atoms with Crippen LogP contribution in [-0.2, 0) is 4.74 Å². The zero-order chi connectivity index (χ0) is 16.8. The summed E-state index contributed by atoms with van der Waals surface area (Å²) in [5.74, 6) is 0.748. The summed E-state index contributed by atoms with van der Waals surface area (Å²) >= 11 is 0. The van der Waals surface area contributed by atoms with E-state index in [-0.39, 0.29) is 5.91 Å². The highest BCUT2D eigenvalue weighted by Crippen LogP contribution is 2.23. The number of imidazole rings is 1. The van der Waals surface area contributed by atoms with E-state index in [1.54, 1.807) is 19.4 Å². The molecule has 24 heavy (non-hydrogen) atoms. The van der Waals surface area contributed by atoms with Gasteiger partial charge in [-0.15, -0.1) is 0 Å². The van der Waals surface area contributed by atoms with Gasteiger partial charge in [-0.25, -0.2) is 4.98 Å². The van der Waals surface area contributed by atoms with Crippen molar-refractivity contribution in [2.45, 2.75) is 18.9 Å². The number of aromatic nitrogens is 2. The SMILES string of the molecule is COCCOc1cccc(C(=O)N2CCCC(n3ccnc3)C2)c1. The van der Waals surface area contributed by atoms with Crippen LogP contribution in [0.1, 0.15) is 29.2 Å². The number of carbonyl (C=O) groups excluding carboxylic acids is 1. The van der Waals surface area contributed by atoms with Gasteiger partial charge in [0, 0.05) is 38.2 Å². The summed E-state index contributed by atoms with van der Waals surface area (Å²) in [4.78, 5) is 18.8. The minimum atomic E-state index is 0.0528. The number of benzene rings is 1. The standard InChI is InChI=1S/C18H23N3O3/c1-23-10-11-24-17-6-2-4-15(12-17)18(22)20-8-3-5-16(13-20)21-9-7-19-14-21/h2,4,6-7,9,12,14,16H,3,5,8,10-11,13H2,1H3. The molecule has 1 aliphatic heterocycles. The Morgan fingerprint density at radius 2 is 2.29 bits per heavy atom. The summed E-state index contributed by atoms with van der Waals surface area (Å²) in [7, 11) is 1.64. The van der Waals surface area contributed by atoms with Crippen molar-refractivity contribution in [2.24, 2.45) is 0 Å². The van der Waals surface area contributed by atoms with Crippen LogP contribution < -0.4 is 4.74 Å². The van der Waals surface area contributed by atoms with Gasteiger partial charge < -0.3 is 18.9 Å². The van der Waals surface area contributed by atoms with E-state index in [0.29, 0.717) is 37.1 Å². The predicted octanol–water partition coefficient (Wildman–Crippen LogP) is 2.39. The molecule has 0 spiro atoms. The molecule has 1 aromatic carbocycles. The maximum absolute atomic E-state index is 12.8. The Labute approximate surface area is 142 Å². The fourth-order valence-corrected chi connectivity index (χ4v) is 3.01. The van der Waals surface area contributed by atoms with Gasteiger partial charge in [0.15, 0.2) is 0 Å². The molecular formula is C18H23N3O3. The third-order valence-corrected chi connectivity index (χ3v) is 4.27. The maximum Gasteiger partial charge on any atom is 0.254 e. The van der Waals surface area contributed by atoms with Gasteiger partial charge in [0.1, 0.15) is 12.4 Å². The van der Waals surface area contributed by atoms with E-state index < -0.39 is 0 Å². The summed E-state index contributed by atoms with van der Waals surface area (Å²) in [6.07, 6.45) is 7.63. The highest BCUT2D eigenvalue weighted by atomic mass is 16.5. The molecule has 0 bridgehead atoms. The van der Waals surface area contributed by atoms with Crippen LogP contribution >= 0.6 is 0 Å². The van der Waals surface area contributed by atoms with Crippen molar-refractivity contribution in [3.8, 4) is 5.75 Å². The molecule has 1 atom stereocenters. The van der Waals surface area contributed by atoms with Crippen LogP contribution in [0, 0.1) is 0 Å². The van der Waals surface area contributed by atoms with Gasteiger partial charge in [0.05, 0.1) is 19.0 Å². The van der Waals surface area contributed by atoms with E-state index in [0.717, 1.165) is 19.4 Å². The molecule has 1 amide bonds. The fourth-order valence-electron chi connectivity index (χ4n) is 3.01. The van der Waals surface area contributed by atoms with E-state index >= 15 is 0 Å². The average molecular weight is 329 g/mol. The van der Waals surface area contributed by atoms with Crippen molar-refractivity contribution in [3.63, 3.8) is 0 Å². The van der Waals surface area contributed by atoms with E-state index in [2.05, 4.69) is 9.55 Å². The normalized spacial score (nSPS) is 17.7. The summed E-state index contributed by atoms with van der Waals surface area (Å²) in [6.45, 7) is 2.50. The van der Waals surface area contributed by atoms with Crippen LogP contribution in [0.3, 0.4) is 0 Å². The molecule has 1 unspecified atom stereocenters. The molecular weight excluding hydrogens is 306 g/mol. The lowest BCUT2D eigenvalue weighted by atomic mass is 10.0. The van der Waals surface area contributed by atoms with Crippen LogP contribution in [0.15, 0.2) is 43.0 Å². The zero-order valence-corrected chi connectivity index (χ0v) is 13.9. The van der Waals surface area contributed by atoms with Crippen molar-refractivity contribution >= 4 is 5.91 Å². The van der Waals surface area contributed by atoms with Crippen LogP contribution in [0.4, 0.5) is 0 Å². The third-order valence-electron chi connectivity index (χ3n) is 4.27. The molecule has 6 heteroatoms. The van der Waals surface area contributed by atoms with Gasteiger partial charge >= 0.3 is 0 Å². The molecule has 6 nitrogen and oxygen atoms in total. The number of hydrogen-bond acceptors (Lipinski definition) is 4. The van der Waals surface area contributed by atoms with Crippen molar-refractivity contribution in [1.29, 1.82) is 0 Å². The van der Waals surface area contributed by atoms with Crippen molar-refractivity contribution in [3.05, 3.63) is 48.5 Å². The number of amides is 1. The number of ether oxygens (including phenoxy) is 2. The van der Waals surface area contributed by atoms with E-state index in [1.165, 1.54) is 0 Å². The lowest BCUT2D eigenvalue weighted by Crippen LogP contribution is -2.40. The number of nitrogens with zero attached hydrogens (tertiary/aromatic N) is 3. The van der Waals surface area contributed by atoms with Crippen LogP contribution in [0.5, 0.6) is 5.75 Å². The van der Waals surface area contributed by atoms with E-state index in [4.69, 9.17) is 9.47 Å². The molecule has 3 rings (SSSR count). The zero-order valence-electron chi connectivity index (χ0n) is 13.9. The minimum Gasteiger partial charge on any atom is -0.491 e. The molecule has 0 aliphatic carbocycles. The molecule has 1 aromatic heterocycles. The van der Waals surface area contributed by atoms with Gasteiger partial charge in [0.25, 0.3) is 5.91 Å². The lowest BCUT2D eigenvalue weighted by Gasteiger charge is -2.33. The molecule has 1 fully saturated rings. The smallest absolute Gasteiger partial charge is 0.254 e. The summed E-state index contributed by atoms with van der Waals surface area (Å²) < 4.78 is 12.7. The molecule has 1 aliphatic rings. The Bertz CT molecular complexity index is 657. The first-order chi connectivity index (χ1) is 11.8. The Morgan fingerprint density at radius 1 is 1.38 bits per heavy atom. The number of methoxy groups -OCH3 is 1. The van der Waals surface area contributed by atoms with Gasteiger partial charge in [-0.2, -0.15) is 0 Å². The Morgan fingerprint density at radius 3 is 3.08 bits per heavy atom. The van der Waals surface area contributed by atoms with E-state index in [1.807, 2.05) is 35.6 Å². The number of carbonyl (C=O) groups is 1. The number of piperidine rings is 1. The summed E-state index contributed by atoms with van der Waals surface area (Å²) in [5.41, 5.74) is 0.663. The van der Waals surface area contributed by atoms with Gasteiger partial charge in [0.2, 0.25) is 0 Å². The minimum absolute atomic E-state index is 0.0528. The van der Waals surface area contributed by atoms with E-state index in [9.17, 15) is 4.79 Å². The fraction of sp³-hybridized carbons (Fsp3) is 0.444. The van der Waals surface area contributed by atoms with Crippen molar-refractivity contribution < 1.29 is 14.3 Å². The largest absolute Gasteiger partial charge is 0.491 e. The predicted molar refractivity (Wildman–Crippen MR) is 90.2 cm³/mol. The Kier molecular flexibility index (Phi) is 5.48. The lowest BCUT2D eigenvalue weighted by molar-refractivity contribution is 0.0679. The average Bonchev–Trinajstić information content (AvgIpc) is 3.16. The molecule has 2 heterocycles. The second-order valence-corrected chi connectivity index (χ2v) is 5.93.